The Hall–Kier alpha value is -0.310. The second-order valence-electron chi connectivity index (χ2n) is 3.36. The molecule has 2 N–H and O–H groups in total. The van der Waals surface area contributed by atoms with Gasteiger partial charge in [-0.15, -0.1) is 0 Å². The molecule has 1 unspecified atom stereocenters. The number of hydrogen-bond donors (Lipinski definition) is 1. The lowest BCUT2D eigenvalue weighted by Gasteiger charge is -2.19. The van der Waals surface area contributed by atoms with Gasteiger partial charge in [-0.25, -0.2) is 0 Å². The third-order valence-electron chi connectivity index (χ3n) is 2.33. The van der Waals surface area contributed by atoms with E-state index in [1.165, 1.54) is 19.3 Å². The summed E-state index contributed by atoms with van der Waals surface area (Å²) < 4.78 is 0. The zero-order chi connectivity index (χ0) is 8.27. The van der Waals surface area contributed by atoms with Crippen molar-refractivity contribution in [3.05, 3.63) is 0 Å². The minimum Gasteiger partial charge on any atom is -0.376 e. The van der Waals surface area contributed by atoms with Crippen molar-refractivity contribution in [2.45, 2.75) is 26.2 Å². The first-order valence-electron chi connectivity index (χ1n) is 4.24. The summed E-state index contributed by atoms with van der Waals surface area (Å²) in [5.41, 5.74) is 5.54. The number of rotatable bonds is 0. The van der Waals surface area contributed by atoms with Crippen molar-refractivity contribution in [1.29, 1.82) is 0 Å². The molecular formula is C8H16N2S. The highest BCUT2D eigenvalue weighted by Crippen LogP contribution is 2.15. The average molecular weight is 172 g/mol. The Morgan fingerprint density at radius 1 is 1.45 bits per heavy atom. The fraction of sp³-hybridized carbons (Fsp3) is 0.875. The highest BCUT2D eigenvalue weighted by atomic mass is 32.1. The van der Waals surface area contributed by atoms with Gasteiger partial charge in [0.1, 0.15) is 0 Å². The molecule has 3 heteroatoms. The second kappa shape index (κ2) is 3.90. The van der Waals surface area contributed by atoms with Gasteiger partial charge in [0.25, 0.3) is 0 Å². The first-order valence-corrected chi connectivity index (χ1v) is 4.65. The molecule has 0 aromatic carbocycles. The van der Waals surface area contributed by atoms with E-state index in [1.807, 2.05) is 0 Å². The fourth-order valence-corrected chi connectivity index (χ4v) is 1.67. The van der Waals surface area contributed by atoms with E-state index >= 15 is 0 Å². The first kappa shape index (κ1) is 8.78. The molecule has 0 aromatic heterocycles. The van der Waals surface area contributed by atoms with Gasteiger partial charge in [-0.2, -0.15) is 0 Å². The topological polar surface area (TPSA) is 29.3 Å². The number of likely N-dealkylation sites (tertiary alicyclic amines) is 1. The molecule has 1 atom stereocenters. The average Bonchev–Trinajstić information content (AvgIpc) is 2.13. The predicted octanol–water partition coefficient (Wildman–Crippen LogP) is 1.35. The number of thiocarbonyl (C=S) groups is 1. The van der Waals surface area contributed by atoms with Gasteiger partial charge in [0.15, 0.2) is 5.11 Å². The lowest BCUT2D eigenvalue weighted by Crippen LogP contribution is -2.36. The highest BCUT2D eigenvalue weighted by molar-refractivity contribution is 7.80. The molecule has 0 aromatic rings. The predicted molar refractivity (Wildman–Crippen MR) is 51.4 cm³/mol. The van der Waals surface area contributed by atoms with Crippen LogP contribution < -0.4 is 5.73 Å². The van der Waals surface area contributed by atoms with Crippen LogP contribution in [0.3, 0.4) is 0 Å². The van der Waals surface area contributed by atoms with Crippen LogP contribution in [-0.2, 0) is 0 Å². The SMILES string of the molecule is CC1CCCN(C(N)=S)CC1. The van der Waals surface area contributed by atoms with Gasteiger partial charge in [-0.05, 0) is 37.4 Å². The molecule has 1 aliphatic rings. The van der Waals surface area contributed by atoms with Crippen molar-refractivity contribution in [3.8, 4) is 0 Å². The van der Waals surface area contributed by atoms with Gasteiger partial charge in [0, 0.05) is 13.1 Å². The lowest BCUT2D eigenvalue weighted by molar-refractivity contribution is 0.428. The summed E-state index contributed by atoms with van der Waals surface area (Å²) >= 11 is 4.92. The van der Waals surface area contributed by atoms with Crippen LogP contribution in [0.5, 0.6) is 0 Å². The summed E-state index contributed by atoms with van der Waals surface area (Å²) in [5.74, 6) is 0.842. The quantitative estimate of drug-likeness (QED) is 0.559. The largest absolute Gasteiger partial charge is 0.376 e. The minimum atomic E-state index is 0.569. The lowest BCUT2D eigenvalue weighted by atomic mass is 10.0. The van der Waals surface area contributed by atoms with E-state index in [-0.39, 0.29) is 0 Å². The van der Waals surface area contributed by atoms with E-state index in [1.54, 1.807) is 0 Å². The monoisotopic (exact) mass is 172 g/mol. The Balaban J connectivity index is 2.40. The van der Waals surface area contributed by atoms with Crippen molar-refractivity contribution < 1.29 is 0 Å². The second-order valence-corrected chi connectivity index (χ2v) is 3.78. The molecule has 11 heavy (non-hydrogen) atoms. The number of nitrogens with two attached hydrogens (primary N) is 1. The zero-order valence-corrected chi connectivity index (χ0v) is 7.86. The molecule has 0 amide bonds. The van der Waals surface area contributed by atoms with Crippen molar-refractivity contribution in [3.63, 3.8) is 0 Å². The molecule has 0 bridgehead atoms. The molecule has 0 radical (unpaired) electrons. The first-order chi connectivity index (χ1) is 5.20. The van der Waals surface area contributed by atoms with Crippen molar-refractivity contribution >= 4 is 17.3 Å². The van der Waals surface area contributed by atoms with E-state index in [9.17, 15) is 0 Å². The molecule has 1 fully saturated rings. The normalized spacial score (nSPS) is 26.3. The summed E-state index contributed by atoms with van der Waals surface area (Å²) in [7, 11) is 0. The van der Waals surface area contributed by atoms with E-state index < -0.39 is 0 Å². The summed E-state index contributed by atoms with van der Waals surface area (Å²) in [5, 5.41) is 0.569. The third-order valence-corrected chi connectivity index (χ3v) is 2.59. The molecule has 64 valence electrons. The van der Waals surface area contributed by atoms with Crippen LogP contribution in [0.1, 0.15) is 26.2 Å². The number of nitrogens with zero attached hydrogens (tertiary/aromatic N) is 1. The molecule has 1 rings (SSSR count). The van der Waals surface area contributed by atoms with Crippen molar-refractivity contribution in [2.24, 2.45) is 11.7 Å². The Morgan fingerprint density at radius 3 is 2.82 bits per heavy atom. The molecule has 1 saturated heterocycles. The van der Waals surface area contributed by atoms with Gasteiger partial charge in [-0.1, -0.05) is 6.92 Å². The molecular weight excluding hydrogens is 156 g/mol. The fourth-order valence-electron chi connectivity index (χ4n) is 1.48. The van der Waals surface area contributed by atoms with E-state index in [2.05, 4.69) is 11.8 Å². The number of hydrogen-bond acceptors (Lipinski definition) is 1. The van der Waals surface area contributed by atoms with Crippen LogP contribution in [0.4, 0.5) is 0 Å². The summed E-state index contributed by atoms with van der Waals surface area (Å²) in [6.07, 6.45) is 3.79. The van der Waals surface area contributed by atoms with Crippen molar-refractivity contribution in [1.82, 2.24) is 4.90 Å². The molecule has 0 spiro atoms. The van der Waals surface area contributed by atoms with Gasteiger partial charge in [0.05, 0.1) is 0 Å². The highest BCUT2D eigenvalue weighted by Gasteiger charge is 2.13. The van der Waals surface area contributed by atoms with Crippen LogP contribution in [0.2, 0.25) is 0 Å². The maximum absolute atomic E-state index is 5.54. The Labute approximate surface area is 73.7 Å². The Morgan fingerprint density at radius 2 is 2.18 bits per heavy atom. The standard InChI is InChI=1S/C8H16N2S/c1-7-3-2-5-10(6-4-7)8(9)11/h7H,2-6H2,1H3,(H2,9,11). The van der Waals surface area contributed by atoms with E-state index in [0.29, 0.717) is 5.11 Å². The van der Waals surface area contributed by atoms with Gasteiger partial charge >= 0.3 is 0 Å². The third kappa shape index (κ3) is 2.66. The minimum absolute atomic E-state index is 0.569. The van der Waals surface area contributed by atoms with Crippen LogP contribution in [0.25, 0.3) is 0 Å². The molecule has 1 aliphatic heterocycles. The van der Waals surface area contributed by atoms with E-state index in [4.69, 9.17) is 18.0 Å². The van der Waals surface area contributed by atoms with Crippen molar-refractivity contribution in [2.75, 3.05) is 13.1 Å². The maximum Gasteiger partial charge on any atom is 0.166 e. The zero-order valence-electron chi connectivity index (χ0n) is 7.05. The Kier molecular flexibility index (Phi) is 3.12. The van der Waals surface area contributed by atoms with Crippen LogP contribution in [0, 0.1) is 5.92 Å². The summed E-state index contributed by atoms with van der Waals surface area (Å²) in [6.45, 7) is 4.40. The Bertz CT molecular complexity index is 147. The molecule has 2 nitrogen and oxygen atoms in total. The van der Waals surface area contributed by atoms with Crippen LogP contribution in [0.15, 0.2) is 0 Å². The summed E-state index contributed by atoms with van der Waals surface area (Å²) in [4.78, 5) is 2.11. The maximum atomic E-state index is 5.54. The van der Waals surface area contributed by atoms with E-state index in [0.717, 1.165) is 19.0 Å². The van der Waals surface area contributed by atoms with Gasteiger partial charge < -0.3 is 10.6 Å². The molecule has 0 saturated carbocycles. The van der Waals surface area contributed by atoms with Crippen LogP contribution in [-0.4, -0.2) is 23.1 Å². The molecule has 0 aliphatic carbocycles. The van der Waals surface area contributed by atoms with Crippen LogP contribution >= 0.6 is 12.2 Å². The van der Waals surface area contributed by atoms with Gasteiger partial charge in [0.2, 0.25) is 0 Å². The summed E-state index contributed by atoms with van der Waals surface area (Å²) in [6, 6.07) is 0. The smallest absolute Gasteiger partial charge is 0.166 e. The van der Waals surface area contributed by atoms with Gasteiger partial charge in [-0.3, -0.25) is 0 Å². The molecule has 1 heterocycles.